The van der Waals surface area contributed by atoms with Gasteiger partial charge in [-0.3, -0.25) is 4.79 Å². The van der Waals surface area contributed by atoms with Crippen molar-refractivity contribution in [3.05, 3.63) is 41.1 Å². The lowest BCUT2D eigenvalue weighted by Crippen LogP contribution is -2.38. The summed E-state index contributed by atoms with van der Waals surface area (Å²) in [5.74, 6) is 2.66. The molecule has 0 spiro atoms. The van der Waals surface area contributed by atoms with Crippen LogP contribution in [0.4, 0.5) is 5.95 Å². The van der Waals surface area contributed by atoms with Crippen molar-refractivity contribution < 1.29 is 9.53 Å². The third kappa shape index (κ3) is 3.93. The van der Waals surface area contributed by atoms with Gasteiger partial charge in [0.05, 0.1) is 17.8 Å². The summed E-state index contributed by atoms with van der Waals surface area (Å²) in [5.41, 5.74) is 3.14. The molecule has 1 saturated carbocycles. The van der Waals surface area contributed by atoms with E-state index in [1.54, 1.807) is 0 Å². The molecule has 3 heterocycles. The lowest BCUT2D eigenvalue weighted by molar-refractivity contribution is -0.133. The fourth-order valence-electron chi connectivity index (χ4n) is 4.26. The summed E-state index contributed by atoms with van der Waals surface area (Å²) in [7, 11) is 0. The zero-order chi connectivity index (χ0) is 19.8. The van der Waals surface area contributed by atoms with Gasteiger partial charge in [-0.15, -0.1) is 0 Å². The molecule has 1 aromatic heterocycles. The lowest BCUT2D eigenvalue weighted by atomic mass is 10.1. The summed E-state index contributed by atoms with van der Waals surface area (Å²) in [6, 6.07) is 8.02. The first-order valence-corrected chi connectivity index (χ1v) is 10.9. The van der Waals surface area contributed by atoms with Crippen LogP contribution in [0.2, 0.25) is 0 Å². The van der Waals surface area contributed by atoms with Crippen molar-refractivity contribution in [2.45, 2.75) is 52.0 Å². The van der Waals surface area contributed by atoms with Crippen molar-refractivity contribution in [1.82, 2.24) is 14.9 Å². The second-order valence-corrected chi connectivity index (χ2v) is 8.50. The van der Waals surface area contributed by atoms with Crippen molar-refractivity contribution in [3.63, 3.8) is 0 Å². The first kappa shape index (κ1) is 18.4. The Bertz CT molecular complexity index is 919. The zero-order valence-electron chi connectivity index (χ0n) is 17.1. The maximum atomic E-state index is 12.6. The molecule has 0 bridgehead atoms. The van der Waals surface area contributed by atoms with Crippen molar-refractivity contribution in [2.24, 2.45) is 5.92 Å². The minimum atomic E-state index is 0.228. The summed E-state index contributed by atoms with van der Waals surface area (Å²) >= 11 is 0. The van der Waals surface area contributed by atoms with Crippen LogP contribution in [0.3, 0.4) is 0 Å². The number of hydrogen-bond donors (Lipinski definition) is 0. The molecule has 2 aliphatic heterocycles. The van der Waals surface area contributed by atoms with E-state index < -0.39 is 0 Å². The molecule has 6 nitrogen and oxygen atoms in total. The van der Waals surface area contributed by atoms with Gasteiger partial charge in [-0.1, -0.05) is 12.1 Å². The Morgan fingerprint density at radius 1 is 1.10 bits per heavy atom. The largest absolute Gasteiger partial charge is 0.438 e. The normalized spacial score (nSPS) is 19.1. The molecule has 3 aliphatic rings. The van der Waals surface area contributed by atoms with Crippen LogP contribution in [0.1, 0.15) is 48.9 Å². The highest BCUT2D eigenvalue weighted by atomic mass is 16.5. The van der Waals surface area contributed by atoms with Crippen LogP contribution in [-0.4, -0.2) is 40.4 Å². The number of carbonyl (C=O) groups excluding carboxylic acids is 1. The second kappa shape index (κ2) is 7.65. The number of benzene rings is 1. The van der Waals surface area contributed by atoms with Gasteiger partial charge in [-0.05, 0) is 56.7 Å². The van der Waals surface area contributed by atoms with Crippen LogP contribution in [0.25, 0.3) is 0 Å². The molecule has 152 valence electrons. The Morgan fingerprint density at radius 2 is 1.93 bits per heavy atom. The molecule has 0 unspecified atom stereocenters. The highest BCUT2D eigenvalue weighted by molar-refractivity contribution is 5.81. The predicted octanol–water partition coefficient (Wildman–Crippen LogP) is 3.86. The molecule has 1 aliphatic carbocycles. The molecule has 5 rings (SSSR count). The number of ether oxygens (including phenoxy) is 1. The minimum absolute atomic E-state index is 0.228. The third-order valence-corrected chi connectivity index (χ3v) is 6.09. The number of amides is 1. The van der Waals surface area contributed by atoms with E-state index in [4.69, 9.17) is 14.7 Å². The number of carbonyl (C=O) groups is 1. The number of anilines is 1. The zero-order valence-corrected chi connectivity index (χ0v) is 17.1. The lowest BCUT2D eigenvalue weighted by Gasteiger charge is -2.32. The summed E-state index contributed by atoms with van der Waals surface area (Å²) in [6.07, 6.45) is 6.45. The van der Waals surface area contributed by atoms with E-state index in [0.717, 1.165) is 67.4 Å². The van der Waals surface area contributed by atoms with Gasteiger partial charge in [0.2, 0.25) is 17.7 Å². The molecule has 29 heavy (non-hydrogen) atoms. The van der Waals surface area contributed by atoms with Crippen molar-refractivity contribution in [3.8, 4) is 11.6 Å². The number of aryl methyl sites for hydroxylation is 1. The quantitative estimate of drug-likeness (QED) is 0.791. The van der Waals surface area contributed by atoms with Gasteiger partial charge in [-0.2, -0.15) is 4.98 Å². The summed E-state index contributed by atoms with van der Waals surface area (Å²) in [5, 5.41) is 0. The maximum absolute atomic E-state index is 12.6. The molecule has 0 N–H and O–H groups in total. The van der Waals surface area contributed by atoms with Crippen molar-refractivity contribution in [1.29, 1.82) is 0 Å². The highest BCUT2D eigenvalue weighted by Crippen LogP contribution is 2.36. The van der Waals surface area contributed by atoms with Crippen LogP contribution in [0.15, 0.2) is 24.3 Å². The molecule has 6 heteroatoms. The summed E-state index contributed by atoms with van der Waals surface area (Å²) in [4.78, 5) is 26.6. The van der Waals surface area contributed by atoms with Crippen LogP contribution in [0, 0.1) is 12.8 Å². The van der Waals surface area contributed by atoms with Gasteiger partial charge in [0, 0.05) is 32.0 Å². The summed E-state index contributed by atoms with van der Waals surface area (Å²) < 4.78 is 6.28. The van der Waals surface area contributed by atoms with Gasteiger partial charge in [0.15, 0.2) is 0 Å². The van der Waals surface area contributed by atoms with E-state index in [-0.39, 0.29) is 11.8 Å². The molecule has 0 radical (unpaired) electrons. The molecule has 1 aromatic carbocycles. The van der Waals surface area contributed by atoms with Gasteiger partial charge >= 0.3 is 0 Å². The van der Waals surface area contributed by atoms with E-state index in [0.29, 0.717) is 12.4 Å². The van der Waals surface area contributed by atoms with E-state index in [2.05, 4.69) is 17.9 Å². The smallest absolute Gasteiger partial charge is 0.229 e. The second-order valence-electron chi connectivity index (χ2n) is 8.50. The molecule has 2 aromatic rings. The topological polar surface area (TPSA) is 58.6 Å². The first-order valence-electron chi connectivity index (χ1n) is 10.9. The number of piperidine rings is 1. The van der Waals surface area contributed by atoms with Gasteiger partial charge in [-0.25, -0.2) is 4.98 Å². The number of hydrogen-bond acceptors (Lipinski definition) is 5. The molecule has 0 atom stereocenters. The standard InChI is InChI=1S/C23H28N4O2/c1-16-6-5-7-18(14-16)29-21-19-15-27(22(28)17-8-9-17)13-10-20(19)24-23(25-21)26-11-3-2-4-12-26/h5-7,14,17H,2-4,8-13,15H2,1H3. The van der Waals surface area contributed by atoms with Gasteiger partial charge in [0.1, 0.15) is 5.75 Å². The Morgan fingerprint density at radius 3 is 2.69 bits per heavy atom. The highest BCUT2D eigenvalue weighted by Gasteiger charge is 2.36. The Labute approximate surface area is 171 Å². The van der Waals surface area contributed by atoms with Gasteiger partial charge < -0.3 is 14.5 Å². The number of fused-ring (bicyclic) bond motifs is 1. The van der Waals surface area contributed by atoms with Crippen LogP contribution in [0.5, 0.6) is 11.6 Å². The van der Waals surface area contributed by atoms with Crippen LogP contribution in [-0.2, 0) is 17.8 Å². The van der Waals surface area contributed by atoms with E-state index >= 15 is 0 Å². The third-order valence-electron chi connectivity index (χ3n) is 6.09. The van der Waals surface area contributed by atoms with E-state index in [9.17, 15) is 4.79 Å². The first-order chi connectivity index (χ1) is 14.2. The number of nitrogens with zero attached hydrogens (tertiary/aromatic N) is 4. The molecule has 2 fully saturated rings. The molecule has 1 amide bonds. The van der Waals surface area contributed by atoms with Crippen LogP contribution >= 0.6 is 0 Å². The van der Waals surface area contributed by atoms with E-state index in [1.807, 2.05) is 23.1 Å². The van der Waals surface area contributed by atoms with Crippen LogP contribution < -0.4 is 9.64 Å². The Hall–Kier alpha value is -2.63. The maximum Gasteiger partial charge on any atom is 0.229 e. The fourth-order valence-corrected chi connectivity index (χ4v) is 4.26. The Balaban J connectivity index is 1.49. The predicted molar refractivity (Wildman–Crippen MR) is 111 cm³/mol. The van der Waals surface area contributed by atoms with Crippen molar-refractivity contribution in [2.75, 3.05) is 24.5 Å². The average molecular weight is 393 g/mol. The van der Waals surface area contributed by atoms with Gasteiger partial charge in [0.25, 0.3) is 0 Å². The molecular weight excluding hydrogens is 364 g/mol. The average Bonchev–Trinajstić information content (AvgIpc) is 3.59. The van der Waals surface area contributed by atoms with Crippen molar-refractivity contribution >= 4 is 11.9 Å². The van der Waals surface area contributed by atoms with E-state index in [1.165, 1.54) is 19.3 Å². The SMILES string of the molecule is Cc1cccc(Oc2nc(N3CCCCC3)nc3c2CN(C(=O)C2CC2)CC3)c1. The monoisotopic (exact) mass is 392 g/mol. The molecular formula is C23H28N4O2. The minimum Gasteiger partial charge on any atom is -0.438 e. The summed E-state index contributed by atoms with van der Waals surface area (Å²) in [6.45, 7) is 5.33. The number of aromatic nitrogens is 2. The molecule has 1 saturated heterocycles. The number of rotatable bonds is 4. The fraction of sp³-hybridized carbons (Fsp3) is 0.522. The Kier molecular flexibility index (Phi) is 4.86.